The standard InChI is InChI=1S/C18H20N4/c1-21-11-7-16-15(13-21)18-17(3-2-8-20-18)22(16)12-6-14-4-9-19-10-5-14/h2-5,8-10H,6-7,11-13H2,1H3. The number of nitrogens with zero attached hydrogens (tertiary/aromatic N) is 4. The molecule has 0 bridgehead atoms. The quantitative estimate of drug-likeness (QED) is 0.744. The fourth-order valence-corrected chi connectivity index (χ4v) is 3.44. The van der Waals surface area contributed by atoms with Crippen molar-refractivity contribution in [3.05, 3.63) is 59.7 Å². The van der Waals surface area contributed by atoms with E-state index in [1.54, 1.807) is 0 Å². The van der Waals surface area contributed by atoms with Crippen molar-refractivity contribution in [3.63, 3.8) is 0 Å². The Morgan fingerprint density at radius 1 is 1.14 bits per heavy atom. The third kappa shape index (κ3) is 2.29. The molecule has 22 heavy (non-hydrogen) atoms. The van der Waals surface area contributed by atoms with Crippen molar-refractivity contribution < 1.29 is 0 Å². The zero-order valence-electron chi connectivity index (χ0n) is 12.9. The molecule has 0 aromatic carbocycles. The molecular formula is C18H20N4. The lowest BCUT2D eigenvalue weighted by Crippen LogP contribution is -2.27. The van der Waals surface area contributed by atoms with Crippen LogP contribution in [0.3, 0.4) is 0 Å². The molecule has 4 heterocycles. The number of pyridine rings is 2. The van der Waals surface area contributed by atoms with Crippen LogP contribution in [0.15, 0.2) is 42.9 Å². The van der Waals surface area contributed by atoms with Crippen LogP contribution < -0.4 is 0 Å². The van der Waals surface area contributed by atoms with E-state index in [0.29, 0.717) is 0 Å². The van der Waals surface area contributed by atoms with Gasteiger partial charge in [0.15, 0.2) is 0 Å². The van der Waals surface area contributed by atoms with Crippen LogP contribution in [-0.4, -0.2) is 33.0 Å². The molecule has 3 aromatic heterocycles. The smallest absolute Gasteiger partial charge is 0.0928 e. The molecule has 3 aromatic rings. The van der Waals surface area contributed by atoms with Gasteiger partial charge >= 0.3 is 0 Å². The summed E-state index contributed by atoms with van der Waals surface area (Å²) in [5.74, 6) is 0. The van der Waals surface area contributed by atoms with Gasteiger partial charge < -0.3 is 9.47 Å². The minimum atomic E-state index is 1.01. The van der Waals surface area contributed by atoms with Crippen molar-refractivity contribution >= 4 is 11.0 Å². The fourth-order valence-electron chi connectivity index (χ4n) is 3.44. The first-order valence-electron chi connectivity index (χ1n) is 7.85. The first kappa shape index (κ1) is 13.5. The van der Waals surface area contributed by atoms with Gasteiger partial charge in [0, 0.05) is 55.9 Å². The van der Waals surface area contributed by atoms with Crippen molar-refractivity contribution in [2.75, 3.05) is 13.6 Å². The molecule has 0 spiro atoms. The van der Waals surface area contributed by atoms with E-state index in [9.17, 15) is 0 Å². The Hall–Kier alpha value is -2.20. The largest absolute Gasteiger partial charge is 0.343 e. The first-order valence-corrected chi connectivity index (χ1v) is 7.85. The van der Waals surface area contributed by atoms with Crippen molar-refractivity contribution in [2.45, 2.75) is 25.9 Å². The summed E-state index contributed by atoms with van der Waals surface area (Å²) in [6.07, 6.45) is 7.79. The van der Waals surface area contributed by atoms with Gasteiger partial charge in [-0.05, 0) is 43.3 Å². The number of aryl methyl sites for hydroxylation is 2. The summed E-state index contributed by atoms with van der Waals surface area (Å²) in [4.78, 5) is 11.1. The Labute approximate surface area is 130 Å². The van der Waals surface area contributed by atoms with E-state index in [1.165, 1.54) is 27.9 Å². The molecule has 0 radical (unpaired) electrons. The first-order chi connectivity index (χ1) is 10.8. The predicted octanol–water partition coefficient (Wildman–Crippen LogP) is 2.66. The maximum Gasteiger partial charge on any atom is 0.0928 e. The van der Waals surface area contributed by atoms with Gasteiger partial charge in [0.05, 0.1) is 11.0 Å². The van der Waals surface area contributed by atoms with Gasteiger partial charge in [-0.1, -0.05) is 0 Å². The predicted molar refractivity (Wildman–Crippen MR) is 87.7 cm³/mol. The molecule has 4 nitrogen and oxygen atoms in total. The molecule has 0 aliphatic carbocycles. The summed E-state index contributed by atoms with van der Waals surface area (Å²) in [5.41, 5.74) is 6.68. The van der Waals surface area contributed by atoms with Crippen LogP contribution >= 0.6 is 0 Å². The molecule has 0 atom stereocenters. The maximum atomic E-state index is 4.65. The summed E-state index contributed by atoms with van der Waals surface area (Å²) < 4.78 is 2.48. The molecule has 112 valence electrons. The third-order valence-electron chi connectivity index (χ3n) is 4.57. The van der Waals surface area contributed by atoms with Gasteiger partial charge in [0.2, 0.25) is 0 Å². The SMILES string of the molecule is CN1CCc2c(c3ncccc3n2CCc2ccncc2)C1. The Morgan fingerprint density at radius 2 is 2.00 bits per heavy atom. The van der Waals surface area contributed by atoms with E-state index >= 15 is 0 Å². The van der Waals surface area contributed by atoms with Gasteiger partial charge in [-0.15, -0.1) is 0 Å². The molecule has 0 amide bonds. The molecule has 4 heteroatoms. The highest BCUT2D eigenvalue weighted by Gasteiger charge is 2.22. The van der Waals surface area contributed by atoms with Crippen LogP contribution in [0.5, 0.6) is 0 Å². The number of rotatable bonds is 3. The molecule has 1 aliphatic heterocycles. The summed E-state index contributed by atoms with van der Waals surface area (Å²) in [6, 6.07) is 8.45. The molecule has 0 unspecified atom stereocenters. The van der Waals surface area contributed by atoms with E-state index in [0.717, 1.165) is 32.5 Å². The maximum absolute atomic E-state index is 4.65. The lowest BCUT2D eigenvalue weighted by atomic mass is 10.1. The Balaban J connectivity index is 1.74. The average Bonchev–Trinajstić information content (AvgIpc) is 2.87. The van der Waals surface area contributed by atoms with Crippen molar-refractivity contribution in [2.24, 2.45) is 0 Å². The lowest BCUT2D eigenvalue weighted by Gasteiger charge is -2.24. The minimum absolute atomic E-state index is 1.01. The zero-order valence-corrected chi connectivity index (χ0v) is 12.9. The van der Waals surface area contributed by atoms with Crippen LogP contribution in [0.1, 0.15) is 16.8 Å². The van der Waals surface area contributed by atoms with Crippen LogP contribution in [-0.2, 0) is 25.9 Å². The Kier molecular flexibility index (Phi) is 3.39. The van der Waals surface area contributed by atoms with Gasteiger partial charge in [0.25, 0.3) is 0 Å². The van der Waals surface area contributed by atoms with E-state index < -0.39 is 0 Å². The molecule has 0 N–H and O–H groups in total. The molecule has 0 saturated carbocycles. The zero-order chi connectivity index (χ0) is 14.9. The van der Waals surface area contributed by atoms with Gasteiger partial charge in [-0.25, -0.2) is 0 Å². The van der Waals surface area contributed by atoms with Crippen LogP contribution in [0.2, 0.25) is 0 Å². The van der Waals surface area contributed by atoms with Crippen molar-refractivity contribution in [3.8, 4) is 0 Å². The Bertz CT molecular complexity index is 791. The van der Waals surface area contributed by atoms with Gasteiger partial charge in [-0.3, -0.25) is 9.97 Å². The topological polar surface area (TPSA) is 34.0 Å². The highest BCUT2D eigenvalue weighted by molar-refractivity contribution is 5.81. The summed E-state index contributed by atoms with van der Waals surface area (Å²) in [5, 5.41) is 0. The van der Waals surface area contributed by atoms with E-state index in [4.69, 9.17) is 0 Å². The minimum Gasteiger partial charge on any atom is -0.343 e. The van der Waals surface area contributed by atoms with E-state index in [1.807, 2.05) is 24.7 Å². The highest BCUT2D eigenvalue weighted by atomic mass is 15.1. The molecule has 4 rings (SSSR count). The molecule has 0 saturated heterocycles. The monoisotopic (exact) mass is 292 g/mol. The third-order valence-corrected chi connectivity index (χ3v) is 4.57. The average molecular weight is 292 g/mol. The van der Waals surface area contributed by atoms with Crippen molar-refractivity contribution in [1.29, 1.82) is 0 Å². The van der Waals surface area contributed by atoms with Crippen LogP contribution in [0.25, 0.3) is 11.0 Å². The van der Waals surface area contributed by atoms with Gasteiger partial charge in [0.1, 0.15) is 0 Å². The Morgan fingerprint density at radius 3 is 2.86 bits per heavy atom. The van der Waals surface area contributed by atoms with E-state index in [2.05, 4.69) is 44.7 Å². The number of hydrogen-bond acceptors (Lipinski definition) is 3. The van der Waals surface area contributed by atoms with Crippen LogP contribution in [0.4, 0.5) is 0 Å². The van der Waals surface area contributed by atoms with E-state index in [-0.39, 0.29) is 0 Å². The second-order valence-corrected chi connectivity index (χ2v) is 6.04. The number of likely N-dealkylation sites (N-methyl/N-ethyl adjacent to an activating group) is 1. The van der Waals surface area contributed by atoms with Crippen LogP contribution in [0, 0.1) is 0 Å². The molecule has 0 fully saturated rings. The van der Waals surface area contributed by atoms with Crippen molar-refractivity contribution in [1.82, 2.24) is 19.4 Å². The second kappa shape index (κ2) is 5.54. The molecular weight excluding hydrogens is 272 g/mol. The second-order valence-electron chi connectivity index (χ2n) is 6.04. The highest BCUT2D eigenvalue weighted by Crippen LogP contribution is 2.29. The number of fused-ring (bicyclic) bond motifs is 3. The molecule has 1 aliphatic rings. The summed E-state index contributed by atoms with van der Waals surface area (Å²) in [7, 11) is 2.19. The number of aromatic nitrogens is 3. The summed E-state index contributed by atoms with van der Waals surface area (Å²) >= 11 is 0. The lowest BCUT2D eigenvalue weighted by molar-refractivity contribution is 0.309. The number of hydrogen-bond donors (Lipinski definition) is 0. The fraction of sp³-hybridized carbons (Fsp3) is 0.333. The normalized spacial score (nSPS) is 15.1. The van der Waals surface area contributed by atoms with Gasteiger partial charge in [-0.2, -0.15) is 0 Å². The summed E-state index contributed by atoms with van der Waals surface area (Å²) in [6.45, 7) is 3.13.